The Hall–Kier alpha value is -0.570. The molecule has 96 valence electrons. The van der Waals surface area contributed by atoms with E-state index in [1.54, 1.807) is 0 Å². The molecule has 0 aliphatic heterocycles. The molecule has 0 rings (SSSR count). The van der Waals surface area contributed by atoms with Crippen molar-refractivity contribution < 1.29 is 35.4 Å². The van der Waals surface area contributed by atoms with Gasteiger partial charge in [0, 0.05) is 6.42 Å². The van der Waals surface area contributed by atoms with Gasteiger partial charge in [-0.2, -0.15) is 0 Å². The van der Waals surface area contributed by atoms with E-state index in [1.807, 2.05) is 0 Å². The molecule has 0 saturated carbocycles. The zero-order chi connectivity index (χ0) is 12.9. The minimum atomic E-state index is -1.85. The molecule has 7 nitrogen and oxygen atoms in total. The first kappa shape index (κ1) is 15.4. The number of hydrogen-bond donors (Lipinski definition) is 6. The van der Waals surface area contributed by atoms with Crippen LogP contribution in [-0.4, -0.2) is 73.5 Å². The van der Waals surface area contributed by atoms with Crippen LogP contribution in [0.15, 0.2) is 0 Å². The Balaban J connectivity index is 4.35. The lowest BCUT2D eigenvalue weighted by atomic mass is 9.97. The van der Waals surface area contributed by atoms with E-state index in [1.165, 1.54) is 6.92 Å². The number of rotatable bonds is 7. The summed E-state index contributed by atoms with van der Waals surface area (Å²) in [6.45, 7) is 0.398. The SMILES string of the molecule is CC(=O)CC(O)[C@H](O)[C@H](O)[C@@H](O)[C@H](O)CO. The van der Waals surface area contributed by atoms with Gasteiger partial charge in [0.15, 0.2) is 0 Å². The molecule has 0 aromatic carbocycles. The predicted octanol–water partition coefficient (Wildman–Crippen LogP) is -3.24. The summed E-state index contributed by atoms with van der Waals surface area (Å²) in [4.78, 5) is 10.6. The first-order valence-corrected chi connectivity index (χ1v) is 4.81. The summed E-state index contributed by atoms with van der Waals surface area (Å²) < 4.78 is 0. The number of aliphatic hydroxyl groups is 6. The Morgan fingerprint density at radius 2 is 1.38 bits per heavy atom. The van der Waals surface area contributed by atoms with Crippen molar-refractivity contribution in [2.45, 2.75) is 43.9 Å². The van der Waals surface area contributed by atoms with Gasteiger partial charge in [0.25, 0.3) is 0 Å². The predicted molar refractivity (Wildman–Crippen MR) is 52.4 cm³/mol. The molecule has 0 heterocycles. The second-order valence-electron chi connectivity index (χ2n) is 3.70. The topological polar surface area (TPSA) is 138 Å². The van der Waals surface area contributed by atoms with Gasteiger partial charge in [-0.1, -0.05) is 0 Å². The zero-order valence-corrected chi connectivity index (χ0v) is 8.89. The van der Waals surface area contributed by atoms with Gasteiger partial charge >= 0.3 is 0 Å². The summed E-state index contributed by atoms with van der Waals surface area (Å²) in [6, 6.07) is 0. The molecular formula is C9H18O7. The molecule has 0 aliphatic rings. The molecule has 1 unspecified atom stereocenters. The van der Waals surface area contributed by atoms with Gasteiger partial charge in [0.05, 0.1) is 12.7 Å². The van der Waals surface area contributed by atoms with Gasteiger partial charge in [-0.05, 0) is 6.92 Å². The lowest BCUT2D eigenvalue weighted by molar-refractivity contribution is -0.145. The first-order valence-electron chi connectivity index (χ1n) is 4.81. The Kier molecular flexibility index (Phi) is 6.65. The second-order valence-corrected chi connectivity index (χ2v) is 3.70. The van der Waals surface area contributed by atoms with Crippen LogP contribution in [-0.2, 0) is 4.79 Å². The van der Waals surface area contributed by atoms with Crippen molar-refractivity contribution >= 4 is 5.78 Å². The summed E-state index contributed by atoms with van der Waals surface area (Å²) in [7, 11) is 0. The molecule has 0 aromatic heterocycles. The van der Waals surface area contributed by atoms with Crippen molar-refractivity contribution in [3.63, 3.8) is 0 Å². The lowest BCUT2D eigenvalue weighted by Gasteiger charge is -2.28. The third-order valence-corrected chi connectivity index (χ3v) is 2.17. The van der Waals surface area contributed by atoms with Gasteiger partial charge in [-0.3, -0.25) is 4.79 Å². The molecule has 0 saturated heterocycles. The fourth-order valence-electron chi connectivity index (χ4n) is 1.18. The summed E-state index contributed by atoms with van der Waals surface area (Å²) in [5, 5.41) is 54.7. The molecule has 0 amide bonds. The van der Waals surface area contributed by atoms with Crippen LogP contribution in [0.3, 0.4) is 0 Å². The Morgan fingerprint density at radius 1 is 0.938 bits per heavy atom. The highest BCUT2D eigenvalue weighted by atomic mass is 16.4. The van der Waals surface area contributed by atoms with Crippen LogP contribution in [0, 0.1) is 0 Å². The van der Waals surface area contributed by atoms with Crippen LogP contribution < -0.4 is 0 Å². The molecular weight excluding hydrogens is 220 g/mol. The van der Waals surface area contributed by atoms with Gasteiger partial charge in [0.2, 0.25) is 0 Å². The Morgan fingerprint density at radius 3 is 1.75 bits per heavy atom. The largest absolute Gasteiger partial charge is 0.394 e. The van der Waals surface area contributed by atoms with E-state index < -0.39 is 42.9 Å². The Bertz CT molecular complexity index is 220. The summed E-state index contributed by atoms with van der Waals surface area (Å²) in [5.74, 6) is -0.393. The minimum absolute atomic E-state index is 0.375. The van der Waals surface area contributed by atoms with Gasteiger partial charge in [-0.15, -0.1) is 0 Å². The fourth-order valence-corrected chi connectivity index (χ4v) is 1.18. The molecule has 0 spiro atoms. The highest BCUT2D eigenvalue weighted by Crippen LogP contribution is 2.10. The maximum atomic E-state index is 10.6. The number of ketones is 1. The molecule has 7 heteroatoms. The van der Waals surface area contributed by atoms with Gasteiger partial charge < -0.3 is 30.6 Å². The van der Waals surface area contributed by atoms with Crippen LogP contribution in [0.4, 0.5) is 0 Å². The average molecular weight is 238 g/mol. The van der Waals surface area contributed by atoms with Crippen LogP contribution in [0.1, 0.15) is 13.3 Å². The van der Waals surface area contributed by atoms with Crippen molar-refractivity contribution in [3.8, 4) is 0 Å². The maximum Gasteiger partial charge on any atom is 0.132 e. The molecule has 6 N–H and O–H groups in total. The molecule has 0 aromatic rings. The number of carbonyl (C=O) groups is 1. The van der Waals surface area contributed by atoms with E-state index >= 15 is 0 Å². The van der Waals surface area contributed by atoms with E-state index in [4.69, 9.17) is 10.2 Å². The fraction of sp³-hybridized carbons (Fsp3) is 0.889. The summed E-state index contributed by atoms with van der Waals surface area (Å²) in [5.41, 5.74) is 0. The average Bonchev–Trinajstić information content (AvgIpc) is 2.23. The van der Waals surface area contributed by atoms with E-state index in [0.717, 1.165) is 0 Å². The molecule has 0 fully saturated rings. The van der Waals surface area contributed by atoms with E-state index in [0.29, 0.717) is 0 Å². The van der Waals surface area contributed by atoms with E-state index in [-0.39, 0.29) is 6.42 Å². The third kappa shape index (κ3) is 4.52. The van der Waals surface area contributed by atoms with Crippen molar-refractivity contribution in [2.24, 2.45) is 0 Å². The monoisotopic (exact) mass is 238 g/mol. The van der Waals surface area contributed by atoms with Crippen molar-refractivity contribution in [3.05, 3.63) is 0 Å². The molecule has 5 atom stereocenters. The lowest BCUT2D eigenvalue weighted by Crippen LogP contribution is -2.50. The number of hydrogen-bond acceptors (Lipinski definition) is 7. The number of carbonyl (C=O) groups excluding carboxylic acids is 1. The van der Waals surface area contributed by atoms with Crippen molar-refractivity contribution in [1.29, 1.82) is 0 Å². The highest BCUT2D eigenvalue weighted by molar-refractivity contribution is 5.76. The standard InChI is InChI=1S/C9H18O7/c1-4(11)2-5(12)7(14)9(16)8(15)6(13)3-10/h5-10,12-16H,2-3H2,1H3/t5?,6-,7+,8+,9+/m1/s1. The Labute approximate surface area is 92.6 Å². The normalized spacial score (nSPS) is 20.9. The van der Waals surface area contributed by atoms with Gasteiger partial charge in [-0.25, -0.2) is 0 Å². The number of Topliss-reactive ketones (excluding diaryl/α,β-unsaturated/α-hetero) is 1. The quantitative estimate of drug-likeness (QED) is 0.274. The van der Waals surface area contributed by atoms with Crippen LogP contribution in [0.25, 0.3) is 0 Å². The second kappa shape index (κ2) is 6.89. The van der Waals surface area contributed by atoms with Gasteiger partial charge in [0.1, 0.15) is 30.2 Å². The zero-order valence-electron chi connectivity index (χ0n) is 8.89. The third-order valence-electron chi connectivity index (χ3n) is 2.17. The first-order chi connectivity index (χ1) is 7.31. The van der Waals surface area contributed by atoms with Crippen LogP contribution in [0.2, 0.25) is 0 Å². The van der Waals surface area contributed by atoms with Crippen LogP contribution >= 0.6 is 0 Å². The molecule has 16 heavy (non-hydrogen) atoms. The smallest absolute Gasteiger partial charge is 0.132 e. The van der Waals surface area contributed by atoms with Crippen molar-refractivity contribution in [2.75, 3.05) is 6.61 Å². The minimum Gasteiger partial charge on any atom is -0.394 e. The summed E-state index contributed by atoms with van der Waals surface area (Å²) >= 11 is 0. The van der Waals surface area contributed by atoms with E-state index in [9.17, 15) is 25.2 Å². The maximum absolute atomic E-state index is 10.6. The molecule has 0 aliphatic carbocycles. The summed E-state index contributed by atoms with van der Waals surface area (Å²) in [6.07, 6.45) is -8.97. The van der Waals surface area contributed by atoms with E-state index in [2.05, 4.69) is 0 Å². The molecule has 0 radical (unpaired) electrons. The number of aliphatic hydroxyl groups excluding tert-OH is 6. The van der Waals surface area contributed by atoms with Crippen molar-refractivity contribution in [1.82, 2.24) is 0 Å². The van der Waals surface area contributed by atoms with Crippen LogP contribution in [0.5, 0.6) is 0 Å². The highest BCUT2D eigenvalue weighted by Gasteiger charge is 2.34. The molecule has 0 bridgehead atoms.